The summed E-state index contributed by atoms with van der Waals surface area (Å²) in [6.45, 7) is 1.64. The van der Waals surface area contributed by atoms with Crippen LogP contribution in [0, 0.1) is 12.3 Å². The zero-order valence-electron chi connectivity index (χ0n) is 13.2. The number of hydrogen-bond acceptors (Lipinski definition) is 4. The van der Waals surface area contributed by atoms with Gasteiger partial charge in [0.2, 0.25) is 0 Å². The van der Waals surface area contributed by atoms with Gasteiger partial charge in [-0.15, -0.1) is 0 Å². The molecule has 24 heavy (non-hydrogen) atoms. The summed E-state index contributed by atoms with van der Waals surface area (Å²) in [6, 6.07) is 15.3. The first kappa shape index (κ1) is 16.7. The minimum atomic E-state index is -3.81. The minimum absolute atomic E-state index is 0.135. The van der Waals surface area contributed by atoms with Crippen molar-refractivity contribution in [1.82, 2.24) is 0 Å². The highest BCUT2D eigenvalue weighted by Crippen LogP contribution is 2.63. The molecule has 3 rings (SSSR count). The maximum absolute atomic E-state index is 13.0. The van der Waals surface area contributed by atoms with E-state index in [-0.39, 0.29) is 11.4 Å². The van der Waals surface area contributed by atoms with Gasteiger partial charge in [-0.1, -0.05) is 48.0 Å². The lowest BCUT2D eigenvalue weighted by Crippen LogP contribution is -2.31. The molecule has 1 aliphatic carbocycles. The lowest BCUT2D eigenvalue weighted by Gasteiger charge is -2.10. The number of rotatable bonds is 5. The Morgan fingerprint density at radius 1 is 1.12 bits per heavy atom. The minimum Gasteiger partial charge on any atom is -0.481 e. The molecule has 6 heteroatoms. The van der Waals surface area contributed by atoms with Gasteiger partial charge < -0.3 is 10.8 Å². The highest BCUT2D eigenvalue weighted by Gasteiger charge is 2.75. The number of aryl methyl sites for hydroxylation is 1. The van der Waals surface area contributed by atoms with E-state index in [1.165, 1.54) is 12.1 Å². The van der Waals surface area contributed by atoms with Crippen molar-refractivity contribution in [2.45, 2.75) is 23.0 Å². The molecule has 0 amide bonds. The number of benzene rings is 2. The number of sulfone groups is 1. The number of nitrogens with two attached hydrogens (primary N) is 1. The first-order chi connectivity index (χ1) is 11.4. The van der Waals surface area contributed by atoms with Gasteiger partial charge in [0.1, 0.15) is 5.41 Å². The summed E-state index contributed by atoms with van der Waals surface area (Å²) < 4.78 is 26.1. The lowest BCUT2D eigenvalue weighted by molar-refractivity contribution is -0.143. The smallest absolute Gasteiger partial charge is 0.312 e. The van der Waals surface area contributed by atoms with Crippen LogP contribution in [-0.2, 0) is 14.6 Å². The molecule has 0 saturated heterocycles. The van der Waals surface area contributed by atoms with Crippen molar-refractivity contribution >= 4 is 15.8 Å². The maximum atomic E-state index is 13.0. The van der Waals surface area contributed by atoms with E-state index in [4.69, 9.17) is 5.73 Å². The molecule has 0 unspecified atom stereocenters. The third-order valence-electron chi connectivity index (χ3n) is 4.83. The fourth-order valence-corrected chi connectivity index (χ4v) is 5.84. The number of carboxylic acid groups (broad SMARTS) is 1. The van der Waals surface area contributed by atoms with Crippen LogP contribution in [0.1, 0.15) is 17.0 Å². The van der Waals surface area contributed by atoms with Crippen LogP contribution in [0.25, 0.3) is 0 Å². The van der Waals surface area contributed by atoms with Gasteiger partial charge in [-0.3, -0.25) is 4.79 Å². The van der Waals surface area contributed by atoms with E-state index in [1.807, 2.05) is 6.92 Å². The second kappa shape index (κ2) is 5.72. The third kappa shape index (κ3) is 2.34. The van der Waals surface area contributed by atoms with E-state index in [0.717, 1.165) is 5.56 Å². The summed E-state index contributed by atoms with van der Waals surface area (Å²) in [5.41, 5.74) is 5.88. The normalized spacial score (nSPS) is 26.1. The second-order valence-corrected chi connectivity index (χ2v) is 8.29. The number of aliphatic carboxylic acids is 1. The summed E-state index contributed by atoms with van der Waals surface area (Å²) in [4.78, 5) is 12.0. The van der Waals surface area contributed by atoms with Gasteiger partial charge >= 0.3 is 5.97 Å². The van der Waals surface area contributed by atoms with Gasteiger partial charge in [-0.25, -0.2) is 8.42 Å². The fraction of sp³-hybridized carbons (Fsp3) is 0.278. The molecule has 3 N–H and O–H groups in total. The molecule has 2 aromatic rings. The maximum Gasteiger partial charge on any atom is 0.312 e. The van der Waals surface area contributed by atoms with Gasteiger partial charge in [0, 0.05) is 12.5 Å². The van der Waals surface area contributed by atoms with Crippen LogP contribution in [0.2, 0.25) is 0 Å². The van der Waals surface area contributed by atoms with Crippen LogP contribution in [0.15, 0.2) is 59.5 Å². The largest absolute Gasteiger partial charge is 0.481 e. The van der Waals surface area contributed by atoms with E-state index in [9.17, 15) is 18.3 Å². The molecule has 5 nitrogen and oxygen atoms in total. The molecule has 0 bridgehead atoms. The first-order valence-corrected chi connectivity index (χ1v) is 9.19. The van der Waals surface area contributed by atoms with E-state index in [0.29, 0.717) is 5.56 Å². The summed E-state index contributed by atoms with van der Waals surface area (Å²) >= 11 is 0. The quantitative estimate of drug-likeness (QED) is 0.863. The van der Waals surface area contributed by atoms with Crippen LogP contribution < -0.4 is 5.73 Å². The average Bonchev–Trinajstić information content (AvgIpc) is 3.28. The molecule has 126 valence electrons. The van der Waals surface area contributed by atoms with Crippen LogP contribution in [0.5, 0.6) is 0 Å². The van der Waals surface area contributed by atoms with Crippen molar-refractivity contribution in [3.05, 3.63) is 65.7 Å². The number of hydrogen-bond donors (Lipinski definition) is 2. The van der Waals surface area contributed by atoms with Gasteiger partial charge in [0.15, 0.2) is 9.84 Å². The molecule has 0 spiro atoms. The summed E-state index contributed by atoms with van der Waals surface area (Å²) in [7, 11) is -3.81. The summed E-state index contributed by atoms with van der Waals surface area (Å²) in [5.74, 6) is -1.81. The Kier molecular flexibility index (Phi) is 3.97. The Morgan fingerprint density at radius 3 is 2.21 bits per heavy atom. The SMILES string of the molecule is Cc1ccc(S(=O)(=O)[C@H]2[C@H](c3ccccc3)[C@@]2(CN)C(=O)O)cc1. The molecule has 2 aromatic carbocycles. The van der Waals surface area contributed by atoms with Gasteiger partial charge in [0.25, 0.3) is 0 Å². The first-order valence-electron chi connectivity index (χ1n) is 7.64. The molecule has 3 atom stereocenters. The predicted octanol–water partition coefficient (Wildman–Crippen LogP) is 1.96. The molecule has 0 aromatic heterocycles. The van der Waals surface area contributed by atoms with Crippen molar-refractivity contribution in [2.24, 2.45) is 11.1 Å². The molecular formula is C18H19NO4S. The second-order valence-electron chi connectivity index (χ2n) is 6.22. The Bertz CT molecular complexity index is 862. The molecule has 0 heterocycles. The lowest BCUT2D eigenvalue weighted by atomic mass is 9.99. The average molecular weight is 345 g/mol. The summed E-state index contributed by atoms with van der Waals surface area (Å²) in [5, 5.41) is 8.66. The molecule has 0 aliphatic heterocycles. The highest BCUT2D eigenvalue weighted by atomic mass is 32.2. The van der Waals surface area contributed by atoms with Gasteiger partial charge in [-0.2, -0.15) is 0 Å². The van der Waals surface area contributed by atoms with Crippen LogP contribution in [0.3, 0.4) is 0 Å². The third-order valence-corrected chi connectivity index (χ3v) is 7.13. The van der Waals surface area contributed by atoms with Crippen molar-refractivity contribution in [2.75, 3.05) is 6.54 Å². The van der Waals surface area contributed by atoms with E-state index in [2.05, 4.69) is 0 Å². The molecule has 0 radical (unpaired) electrons. The molecule has 1 saturated carbocycles. The Labute approximate surface area is 141 Å². The summed E-state index contributed by atoms with van der Waals surface area (Å²) in [6.07, 6.45) is 0. The van der Waals surface area contributed by atoms with Crippen molar-refractivity contribution in [3.63, 3.8) is 0 Å². The predicted molar refractivity (Wildman–Crippen MR) is 90.5 cm³/mol. The van der Waals surface area contributed by atoms with Gasteiger partial charge in [0.05, 0.1) is 10.1 Å². The molecule has 1 aliphatic rings. The van der Waals surface area contributed by atoms with Crippen molar-refractivity contribution < 1.29 is 18.3 Å². The highest BCUT2D eigenvalue weighted by molar-refractivity contribution is 7.92. The number of carboxylic acids is 1. The van der Waals surface area contributed by atoms with Crippen LogP contribution in [-0.4, -0.2) is 31.3 Å². The zero-order valence-corrected chi connectivity index (χ0v) is 14.0. The van der Waals surface area contributed by atoms with E-state index >= 15 is 0 Å². The molecule has 1 fully saturated rings. The van der Waals surface area contributed by atoms with E-state index < -0.39 is 32.4 Å². The van der Waals surface area contributed by atoms with Gasteiger partial charge in [-0.05, 0) is 24.6 Å². The fourth-order valence-electron chi connectivity index (χ4n) is 3.45. The number of carbonyl (C=O) groups is 1. The van der Waals surface area contributed by atoms with Crippen LogP contribution >= 0.6 is 0 Å². The molecular weight excluding hydrogens is 326 g/mol. The zero-order chi connectivity index (χ0) is 17.5. The Hall–Kier alpha value is -2.18. The van der Waals surface area contributed by atoms with Crippen molar-refractivity contribution in [1.29, 1.82) is 0 Å². The van der Waals surface area contributed by atoms with E-state index in [1.54, 1.807) is 42.5 Å². The van der Waals surface area contributed by atoms with Crippen molar-refractivity contribution in [3.8, 4) is 0 Å². The topological polar surface area (TPSA) is 97.5 Å². The Morgan fingerprint density at radius 2 is 1.71 bits per heavy atom. The Balaban J connectivity index is 2.11. The monoisotopic (exact) mass is 345 g/mol. The standard InChI is InChI=1S/C18H19NO4S/c1-12-7-9-14(10-8-12)24(22,23)16-15(13-5-3-2-4-6-13)18(16,11-19)17(20)21/h2-10,15-16H,11,19H2,1H3,(H,20,21)/t15-,16-,18+/m0/s1. The van der Waals surface area contributed by atoms with Crippen LogP contribution in [0.4, 0.5) is 0 Å².